The van der Waals surface area contributed by atoms with Crippen LogP contribution in [-0.4, -0.2) is 33.7 Å². The van der Waals surface area contributed by atoms with Crippen molar-refractivity contribution in [3.05, 3.63) is 30.1 Å². The van der Waals surface area contributed by atoms with Gasteiger partial charge in [-0.15, -0.1) is 0 Å². The molecule has 0 aliphatic rings. The van der Waals surface area contributed by atoms with Crippen LogP contribution in [0.15, 0.2) is 24.3 Å². The molecule has 0 saturated heterocycles. The number of sulfonamides is 1. The summed E-state index contributed by atoms with van der Waals surface area (Å²) in [7, 11) is -3.61. The smallest absolute Gasteiger partial charge is 0.240 e. The fraction of sp³-hybridized carbons (Fsp3) is 0.500. The lowest BCUT2D eigenvalue weighted by Gasteiger charge is -2.21. The highest BCUT2D eigenvalue weighted by atomic mass is 32.2. The Bertz CT molecular complexity index is 558. The van der Waals surface area contributed by atoms with Crippen LogP contribution in [-0.2, 0) is 14.8 Å². The van der Waals surface area contributed by atoms with Crippen LogP contribution in [0.3, 0.4) is 0 Å². The molecule has 1 aromatic rings. The lowest BCUT2D eigenvalue weighted by Crippen LogP contribution is -2.40. The van der Waals surface area contributed by atoms with Gasteiger partial charge in [-0.25, -0.2) is 12.8 Å². The Kier molecular flexibility index (Phi) is 6.61. The number of anilines is 1. The molecule has 0 radical (unpaired) electrons. The van der Waals surface area contributed by atoms with Crippen molar-refractivity contribution in [3.63, 3.8) is 0 Å². The van der Waals surface area contributed by atoms with Gasteiger partial charge in [0, 0.05) is 6.54 Å². The highest BCUT2D eigenvalue weighted by molar-refractivity contribution is 7.92. The van der Waals surface area contributed by atoms with E-state index in [-0.39, 0.29) is 18.1 Å². The predicted molar refractivity (Wildman–Crippen MR) is 81.1 cm³/mol. The summed E-state index contributed by atoms with van der Waals surface area (Å²) in [6.45, 7) is 2.27. The minimum Gasteiger partial charge on any atom is -0.355 e. The summed E-state index contributed by atoms with van der Waals surface area (Å²) in [6, 6.07) is 4.99. The Morgan fingerprint density at radius 1 is 1.24 bits per heavy atom. The van der Waals surface area contributed by atoms with E-state index < -0.39 is 15.8 Å². The van der Waals surface area contributed by atoms with Crippen molar-refractivity contribution in [3.8, 4) is 0 Å². The molecule has 1 N–H and O–H groups in total. The van der Waals surface area contributed by atoms with Gasteiger partial charge >= 0.3 is 0 Å². The zero-order valence-electron chi connectivity index (χ0n) is 12.3. The number of halogens is 1. The molecule has 1 amide bonds. The minimum absolute atomic E-state index is 0.266. The molecule has 0 unspecified atom stereocenters. The largest absolute Gasteiger partial charge is 0.355 e. The molecule has 0 aliphatic carbocycles. The number of carbonyl (C=O) groups excluding carboxylic acids is 1. The third-order valence-corrected chi connectivity index (χ3v) is 4.05. The summed E-state index contributed by atoms with van der Waals surface area (Å²) < 4.78 is 37.4. The molecule has 118 valence electrons. The third kappa shape index (κ3) is 6.12. The highest BCUT2D eigenvalue weighted by Crippen LogP contribution is 2.17. The maximum Gasteiger partial charge on any atom is 0.240 e. The number of hydrogen-bond acceptors (Lipinski definition) is 3. The second kappa shape index (κ2) is 7.97. The standard InChI is InChI=1S/C14H21FN2O3S/c1-3-4-5-10-16-14(18)11-17(21(2,19)20)13-8-6-12(15)7-9-13/h6-9H,3-5,10-11H2,1-2H3,(H,16,18). The van der Waals surface area contributed by atoms with Crippen molar-refractivity contribution in [2.75, 3.05) is 23.7 Å². The molecule has 1 aromatic carbocycles. The van der Waals surface area contributed by atoms with Gasteiger partial charge in [0.25, 0.3) is 0 Å². The molecule has 21 heavy (non-hydrogen) atoms. The zero-order valence-corrected chi connectivity index (χ0v) is 13.1. The summed E-state index contributed by atoms with van der Waals surface area (Å²) in [6.07, 6.45) is 3.92. The first-order valence-corrected chi connectivity index (χ1v) is 8.69. The monoisotopic (exact) mass is 316 g/mol. The lowest BCUT2D eigenvalue weighted by atomic mass is 10.2. The predicted octanol–water partition coefficient (Wildman–Crippen LogP) is 1.90. The number of amides is 1. The van der Waals surface area contributed by atoms with Gasteiger partial charge in [-0.05, 0) is 30.7 Å². The molecule has 0 fully saturated rings. The van der Waals surface area contributed by atoms with Crippen LogP contribution >= 0.6 is 0 Å². The van der Waals surface area contributed by atoms with Crippen LogP contribution in [0.1, 0.15) is 26.2 Å². The van der Waals surface area contributed by atoms with Gasteiger partial charge in [-0.3, -0.25) is 9.10 Å². The van der Waals surface area contributed by atoms with E-state index in [0.29, 0.717) is 6.54 Å². The average molecular weight is 316 g/mol. The second-order valence-electron chi connectivity index (χ2n) is 4.80. The molecule has 0 aliphatic heterocycles. The number of unbranched alkanes of at least 4 members (excludes halogenated alkanes) is 2. The normalized spacial score (nSPS) is 11.2. The quantitative estimate of drug-likeness (QED) is 0.745. The van der Waals surface area contributed by atoms with Gasteiger partial charge in [0.05, 0.1) is 11.9 Å². The van der Waals surface area contributed by atoms with Crippen molar-refractivity contribution in [1.82, 2.24) is 5.32 Å². The molecular weight excluding hydrogens is 295 g/mol. The first kappa shape index (κ1) is 17.4. The number of rotatable bonds is 8. The van der Waals surface area contributed by atoms with Crippen molar-refractivity contribution < 1.29 is 17.6 Å². The Labute approximate surface area is 125 Å². The van der Waals surface area contributed by atoms with Gasteiger partial charge in [-0.2, -0.15) is 0 Å². The van der Waals surface area contributed by atoms with Crippen LogP contribution < -0.4 is 9.62 Å². The first-order valence-electron chi connectivity index (χ1n) is 6.84. The molecule has 0 spiro atoms. The molecule has 0 bridgehead atoms. The third-order valence-electron chi connectivity index (χ3n) is 2.90. The van der Waals surface area contributed by atoms with E-state index in [2.05, 4.69) is 12.2 Å². The van der Waals surface area contributed by atoms with E-state index in [9.17, 15) is 17.6 Å². The molecule has 7 heteroatoms. The Hall–Kier alpha value is -1.63. The van der Waals surface area contributed by atoms with E-state index in [1.807, 2.05) is 0 Å². The Balaban J connectivity index is 2.72. The maximum atomic E-state index is 12.9. The van der Waals surface area contributed by atoms with Crippen molar-refractivity contribution >= 4 is 21.6 Å². The minimum atomic E-state index is -3.61. The summed E-state index contributed by atoms with van der Waals surface area (Å²) in [5.74, 6) is -0.836. The number of benzene rings is 1. The molecule has 0 aromatic heterocycles. The summed E-state index contributed by atoms with van der Waals surface area (Å²) in [4.78, 5) is 11.8. The fourth-order valence-corrected chi connectivity index (χ4v) is 2.65. The summed E-state index contributed by atoms with van der Waals surface area (Å²) >= 11 is 0. The van der Waals surface area contributed by atoms with Gasteiger partial charge < -0.3 is 5.32 Å². The highest BCUT2D eigenvalue weighted by Gasteiger charge is 2.20. The lowest BCUT2D eigenvalue weighted by molar-refractivity contribution is -0.119. The van der Waals surface area contributed by atoms with Crippen LogP contribution in [0.25, 0.3) is 0 Å². The first-order chi connectivity index (χ1) is 9.84. The Morgan fingerprint density at radius 3 is 2.38 bits per heavy atom. The Morgan fingerprint density at radius 2 is 1.86 bits per heavy atom. The molecular formula is C14H21FN2O3S. The second-order valence-corrected chi connectivity index (χ2v) is 6.71. The molecule has 0 heterocycles. The van der Waals surface area contributed by atoms with Gasteiger partial charge in [0.2, 0.25) is 15.9 Å². The topological polar surface area (TPSA) is 66.5 Å². The maximum absolute atomic E-state index is 12.9. The summed E-state index contributed by atoms with van der Waals surface area (Å²) in [5.41, 5.74) is 0.266. The van der Waals surface area contributed by atoms with Gasteiger partial charge in [-0.1, -0.05) is 19.8 Å². The van der Waals surface area contributed by atoms with Crippen molar-refractivity contribution in [2.45, 2.75) is 26.2 Å². The number of nitrogens with one attached hydrogen (secondary N) is 1. The molecule has 5 nitrogen and oxygen atoms in total. The number of nitrogens with zero attached hydrogens (tertiary/aromatic N) is 1. The van der Waals surface area contributed by atoms with Crippen molar-refractivity contribution in [1.29, 1.82) is 0 Å². The molecule has 0 atom stereocenters. The number of carbonyl (C=O) groups is 1. The van der Waals surface area contributed by atoms with E-state index in [0.717, 1.165) is 42.0 Å². The van der Waals surface area contributed by atoms with Crippen molar-refractivity contribution in [2.24, 2.45) is 0 Å². The van der Waals surface area contributed by atoms with E-state index in [1.165, 1.54) is 12.1 Å². The number of hydrogen-bond donors (Lipinski definition) is 1. The van der Waals surface area contributed by atoms with Crippen LogP contribution in [0.2, 0.25) is 0 Å². The SMILES string of the molecule is CCCCCNC(=O)CN(c1ccc(F)cc1)S(C)(=O)=O. The van der Waals surface area contributed by atoms with Crippen LogP contribution in [0, 0.1) is 5.82 Å². The van der Waals surface area contributed by atoms with Gasteiger partial charge in [0.1, 0.15) is 12.4 Å². The van der Waals surface area contributed by atoms with Crippen LogP contribution in [0.5, 0.6) is 0 Å². The van der Waals surface area contributed by atoms with Crippen LogP contribution in [0.4, 0.5) is 10.1 Å². The fourth-order valence-electron chi connectivity index (χ4n) is 1.80. The average Bonchev–Trinajstić information content (AvgIpc) is 2.41. The van der Waals surface area contributed by atoms with Gasteiger partial charge in [0.15, 0.2) is 0 Å². The summed E-state index contributed by atoms with van der Waals surface area (Å²) in [5, 5.41) is 2.68. The van der Waals surface area contributed by atoms with E-state index in [4.69, 9.17) is 0 Å². The molecule has 1 rings (SSSR count). The van der Waals surface area contributed by atoms with E-state index in [1.54, 1.807) is 0 Å². The zero-order chi connectivity index (χ0) is 15.9. The van der Waals surface area contributed by atoms with E-state index >= 15 is 0 Å². The molecule has 0 saturated carbocycles.